The maximum atomic E-state index is 2.72. The molecule has 0 aromatic heterocycles. The molecule has 0 heterocycles. The van der Waals surface area contributed by atoms with Gasteiger partial charge in [0.1, 0.15) is 0 Å². The fourth-order valence-corrected chi connectivity index (χ4v) is 15.5. The monoisotopic (exact) mass is 504 g/mol. The molecule has 1 fully saturated rings. The van der Waals surface area contributed by atoms with Crippen molar-refractivity contribution in [2.45, 2.75) is 65.0 Å². The van der Waals surface area contributed by atoms with Crippen LogP contribution in [0.25, 0.3) is 11.1 Å². The molecular formula is C27H34Si2Zr. The van der Waals surface area contributed by atoms with Crippen molar-refractivity contribution >= 4 is 33.0 Å². The quantitative estimate of drug-likeness (QED) is 0.416. The van der Waals surface area contributed by atoms with Crippen LogP contribution in [0, 0.1) is 0 Å². The van der Waals surface area contributed by atoms with Crippen LogP contribution in [0.1, 0.15) is 30.4 Å². The van der Waals surface area contributed by atoms with Crippen molar-refractivity contribution in [2.24, 2.45) is 0 Å². The van der Waals surface area contributed by atoms with E-state index in [4.69, 9.17) is 0 Å². The van der Waals surface area contributed by atoms with Gasteiger partial charge in [-0.05, 0) is 0 Å². The van der Waals surface area contributed by atoms with Crippen LogP contribution in [0.4, 0.5) is 0 Å². The van der Waals surface area contributed by atoms with E-state index in [-0.39, 0.29) is 0 Å². The molecular weight excluding hydrogens is 472 g/mol. The van der Waals surface area contributed by atoms with Gasteiger partial charge in [-0.1, -0.05) is 0 Å². The third-order valence-corrected chi connectivity index (χ3v) is 18.9. The molecule has 1 saturated carbocycles. The standard InChI is InChI=1S/C19H25Si2.C5H5.C3H4.Zr/c1-20(2,3)16-9-7-14-11-15-8-10-17(21(4,5)6)13-19(15)18(14)12-16;1-2-4-5-3-1;1-2-3-1;/h7,9-10,12-13H,11H2,1-6H3;1-3H,4H2;1-2H2;. The van der Waals surface area contributed by atoms with Crippen LogP contribution in [-0.4, -0.2) is 19.4 Å². The Morgan fingerprint density at radius 1 is 0.800 bits per heavy atom. The van der Waals surface area contributed by atoms with E-state index in [0.29, 0.717) is 0 Å². The van der Waals surface area contributed by atoms with E-state index in [9.17, 15) is 0 Å². The van der Waals surface area contributed by atoms with Gasteiger partial charge in [0.05, 0.1) is 0 Å². The Labute approximate surface area is 192 Å². The molecule has 0 bridgehead atoms. The van der Waals surface area contributed by atoms with Crippen LogP contribution >= 0.6 is 0 Å². The van der Waals surface area contributed by atoms with Crippen molar-refractivity contribution in [1.82, 2.24) is 0 Å². The molecule has 3 heteroatoms. The van der Waals surface area contributed by atoms with E-state index in [0.717, 1.165) is 6.42 Å². The molecule has 0 radical (unpaired) electrons. The molecule has 2 aromatic carbocycles. The van der Waals surface area contributed by atoms with Crippen molar-refractivity contribution in [1.29, 1.82) is 0 Å². The number of hydrogen-bond acceptors (Lipinski definition) is 0. The minimum absolute atomic E-state index is 1.16. The van der Waals surface area contributed by atoms with E-state index in [2.05, 4.69) is 87.8 Å². The molecule has 0 N–H and O–H groups in total. The Bertz CT molecular complexity index is 1140. The Hall–Kier alpha value is -0.893. The zero-order valence-electron chi connectivity index (χ0n) is 19.4. The average molecular weight is 506 g/mol. The van der Waals surface area contributed by atoms with Crippen molar-refractivity contribution in [3.8, 4) is 11.1 Å². The van der Waals surface area contributed by atoms with Gasteiger partial charge in [0, 0.05) is 0 Å². The third kappa shape index (κ3) is 3.76. The summed E-state index contributed by atoms with van der Waals surface area (Å²) in [5.74, 6) is 0. The molecule has 0 atom stereocenters. The molecule has 5 rings (SSSR count). The van der Waals surface area contributed by atoms with Gasteiger partial charge in [-0.25, -0.2) is 0 Å². The predicted molar refractivity (Wildman–Crippen MR) is 136 cm³/mol. The molecule has 0 amide bonds. The van der Waals surface area contributed by atoms with Crippen LogP contribution in [0.3, 0.4) is 0 Å². The van der Waals surface area contributed by atoms with Gasteiger partial charge in [-0.3, -0.25) is 0 Å². The Kier molecular flexibility index (Phi) is 5.12. The van der Waals surface area contributed by atoms with Crippen LogP contribution in [0.15, 0.2) is 51.8 Å². The first-order valence-electron chi connectivity index (χ1n) is 11.5. The number of hydrogen-bond donors (Lipinski definition) is 0. The fourth-order valence-electron chi connectivity index (χ4n) is 4.93. The Balaban J connectivity index is 1.75. The van der Waals surface area contributed by atoms with E-state index >= 15 is 0 Å². The molecule has 0 aliphatic heterocycles. The van der Waals surface area contributed by atoms with E-state index in [1.807, 2.05) is 9.76 Å². The van der Waals surface area contributed by atoms with E-state index < -0.39 is 37.4 Å². The third-order valence-electron chi connectivity index (χ3n) is 6.96. The summed E-state index contributed by atoms with van der Waals surface area (Å²) in [4.78, 5) is 0. The van der Waals surface area contributed by atoms with Crippen molar-refractivity contribution in [3.63, 3.8) is 0 Å². The molecule has 2 aromatic rings. The Morgan fingerprint density at radius 2 is 1.50 bits per heavy atom. The van der Waals surface area contributed by atoms with Gasteiger partial charge in [0.25, 0.3) is 0 Å². The molecule has 0 spiro atoms. The van der Waals surface area contributed by atoms with Crippen LogP contribution in [-0.2, 0) is 27.7 Å². The van der Waals surface area contributed by atoms with Gasteiger partial charge < -0.3 is 0 Å². The van der Waals surface area contributed by atoms with Crippen LogP contribution < -0.4 is 13.6 Å². The second-order valence-electron chi connectivity index (χ2n) is 11.4. The van der Waals surface area contributed by atoms with Gasteiger partial charge >= 0.3 is 193 Å². The maximum absolute atomic E-state index is 2.72. The first kappa shape index (κ1) is 21.0. The van der Waals surface area contributed by atoms with Gasteiger partial charge in [0.2, 0.25) is 0 Å². The average Bonchev–Trinajstić information content (AvgIpc) is 3.21. The second kappa shape index (κ2) is 7.32. The zero-order chi connectivity index (χ0) is 21.3. The van der Waals surface area contributed by atoms with Crippen molar-refractivity contribution < 1.29 is 21.3 Å². The summed E-state index contributed by atoms with van der Waals surface area (Å²) >= 11 is -1.90. The molecule has 0 nitrogen and oxygen atoms in total. The van der Waals surface area contributed by atoms with Crippen molar-refractivity contribution in [3.05, 3.63) is 63.0 Å². The minimum atomic E-state index is -1.90. The van der Waals surface area contributed by atoms with Gasteiger partial charge in [-0.15, -0.1) is 0 Å². The summed E-state index contributed by atoms with van der Waals surface area (Å²) in [5.41, 5.74) is 6.45. The normalized spacial score (nSPS) is 17.1. The first-order valence-corrected chi connectivity index (χ1v) is 22.2. The topological polar surface area (TPSA) is 0 Å². The zero-order valence-corrected chi connectivity index (χ0v) is 23.9. The fraction of sp³-hybridized carbons (Fsp3) is 0.370. The summed E-state index contributed by atoms with van der Waals surface area (Å²) in [6.07, 6.45) is 12.4. The van der Waals surface area contributed by atoms with Gasteiger partial charge in [0.15, 0.2) is 0 Å². The SMILES string of the molecule is C[Si](C)(C)c1ccc2c(c1)-c1cc([Si](C)(C)C)c[c]([Zr]([C]3=CC=CC3)=[C]3CC3)c1C2. The second-order valence-corrected chi connectivity index (χ2v) is 28.0. The summed E-state index contributed by atoms with van der Waals surface area (Å²) in [6.45, 7) is 15.0. The predicted octanol–water partition coefficient (Wildman–Crippen LogP) is 5.40. The molecule has 154 valence electrons. The summed E-state index contributed by atoms with van der Waals surface area (Å²) in [7, 11) is -2.70. The molecule has 30 heavy (non-hydrogen) atoms. The van der Waals surface area contributed by atoms with Crippen LogP contribution in [0.2, 0.25) is 39.3 Å². The molecule has 0 unspecified atom stereocenters. The van der Waals surface area contributed by atoms with Gasteiger partial charge in [-0.2, -0.15) is 0 Å². The summed E-state index contributed by atoms with van der Waals surface area (Å²) < 4.78 is 5.61. The number of benzene rings is 2. The number of fused-ring (bicyclic) bond motifs is 3. The molecule has 3 aliphatic rings. The number of allylic oxidation sites excluding steroid dienone is 4. The van der Waals surface area contributed by atoms with E-state index in [1.54, 1.807) is 32.6 Å². The van der Waals surface area contributed by atoms with Crippen LogP contribution in [0.5, 0.6) is 0 Å². The molecule has 0 saturated heterocycles. The Morgan fingerprint density at radius 3 is 2.10 bits per heavy atom. The summed E-state index contributed by atoms with van der Waals surface area (Å²) in [6, 6.07) is 12.8. The molecule has 3 aliphatic carbocycles. The van der Waals surface area contributed by atoms with Crippen molar-refractivity contribution in [2.75, 3.05) is 0 Å². The van der Waals surface area contributed by atoms with E-state index in [1.165, 1.54) is 19.3 Å². The first-order chi connectivity index (χ1) is 14.1. The summed E-state index contributed by atoms with van der Waals surface area (Å²) in [5, 5.41) is 3.28. The number of rotatable bonds is 4.